The van der Waals surface area contributed by atoms with Crippen molar-refractivity contribution in [3.8, 4) is 0 Å². The van der Waals surface area contributed by atoms with Crippen LogP contribution in [0.5, 0.6) is 0 Å². The number of carbonyl (C=O) groups is 1. The minimum atomic E-state index is -3.51. The third kappa shape index (κ3) is 4.27. The molecule has 0 radical (unpaired) electrons. The van der Waals surface area contributed by atoms with Gasteiger partial charge in [0.1, 0.15) is 0 Å². The Morgan fingerprint density at radius 3 is 2.69 bits per heavy atom. The Kier molecular flexibility index (Phi) is 3.84. The second-order valence-electron chi connectivity index (χ2n) is 3.44. The van der Waals surface area contributed by atoms with Gasteiger partial charge in [0.15, 0.2) is 9.84 Å². The fourth-order valence-corrected chi connectivity index (χ4v) is 2.31. The largest absolute Gasteiger partial charge is 0.478 e. The average molecular weight is 240 g/mol. The molecular weight excluding hydrogens is 228 g/mol. The Morgan fingerprint density at radius 2 is 2.12 bits per heavy atom. The Hall–Kier alpha value is -1.62. The number of hydrogen-bond donors (Lipinski definition) is 1. The van der Waals surface area contributed by atoms with Gasteiger partial charge in [-0.25, -0.2) is 13.2 Å². The van der Waals surface area contributed by atoms with Gasteiger partial charge in [-0.15, -0.1) is 0 Å². The van der Waals surface area contributed by atoms with Gasteiger partial charge in [0, 0.05) is 11.5 Å². The van der Waals surface area contributed by atoms with Crippen molar-refractivity contribution < 1.29 is 18.3 Å². The zero-order valence-corrected chi connectivity index (χ0v) is 9.57. The highest BCUT2D eigenvalue weighted by molar-refractivity contribution is 7.93. The van der Waals surface area contributed by atoms with Gasteiger partial charge < -0.3 is 5.11 Å². The van der Waals surface area contributed by atoms with Gasteiger partial charge in [0.25, 0.3) is 0 Å². The molecule has 0 saturated carbocycles. The third-order valence-electron chi connectivity index (χ3n) is 1.87. The lowest BCUT2D eigenvalue weighted by molar-refractivity contribution is -0.131. The molecule has 0 bridgehead atoms. The molecule has 1 rings (SSSR count). The lowest BCUT2D eigenvalue weighted by atomic mass is 10.2. The lowest BCUT2D eigenvalue weighted by Gasteiger charge is -2.00. The number of hydrogen-bond acceptors (Lipinski definition) is 3. The first-order valence-corrected chi connectivity index (χ1v) is 6.30. The van der Waals surface area contributed by atoms with Crippen LogP contribution in [0.3, 0.4) is 0 Å². The fourth-order valence-electron chi connectivity index (χ4n) is 1.24. The SMILES string of the molecule is Cc1cccc(CS(=O)(=O)/C=C/C(=O)O)c1. The molecule has 0 aliphatic rings. The Bertz CT molecular complexity index is 515. The van der Waals surface area contributed by atoms with Crippen molar-refractivity contribution in [3.05, 3.63) is 46.9 Å². The molecule has 0 fully saturated rings. The summed E-state index contributed by atoms with van der Waals surface area (Å²) in [5, 5.41) is 9.06. The summed E-state index contributed by atoms with van der Waals surface area (Å²) in [5.74, 6) is -1.45. The molecule has 0 aliphatic carbocycles. The van der Waals surface area contributed by atoms with Crippen LogP contribution < -0.4 is 0 Å². The van der Waals surface area contributed by atoms with Crippen LogP contribution in [0.1, 0.15) is 11.1 Å². The quantitative estimate of drug-likeness (QED) is 0.810. The Morgan fingerprint density at radius 1 is 1.44 bits per heavy atom. The molecule has 1 N–H and O–H groups in total. The first-order chi connectivity index (χ1) is 7.39. The monoisotopic (exact) mass is 240 g/mol. The summed E-state index contributed by atoms with van der Waals surface area (Å²) in [5.41, 5.74) is 1.62. The zero-order valence-electron chi connectivity index (χ0n) is 8.75. The van der Waals surface area contributed by atoms with Gasteiger partial charge in [0.2, 0.25) is 0 Å². The van der Waals surface area contributed by atoms with Crippen LogP contribution in [0.15, 0.2) is 35.7 Å². The number of carboxylic acid groups (broad SMARTS) is 1. The summed E-state index contributed by atoms with van der Waals surface area (Å²) in [7, 11) is -3.51. The molecule has 0 atom stereocenters. The van der Waals surface area contributed by atoms with E-state index in [4.69, 9.17) is 5.11 Å². The standard InChI is InChI=1S/C11H12O4S/c1-9-3-2-4-10(7-9)8-16(14,15)6-5-11(12)13/h2-7H,8H2,1H3,(H,12,13)/b6-5+. The normalized spacial score (nSPS) is 11.8. The van der Waals surface area contributed by atoms with Gasteiger partial charge in [-0.1, -0.05) is 29.8 Å². The van der Waals surface area contributed by atoms with E-state index in [1.165, 1.54) is 0 Å². The van der Waals surface area contributed by atoms with Crippen molar-refractivity contribution in [1.29, 1.82) is 0 Å². The van der Waals surface area contributed by atoms with E-state index in [1.807, 2.05) is 13.0 Å². The topological polar surface area (TPSA) is 71.4 Å². The highest BCUT2D eigenvalue weighted by Crippen LogP contribution is 2.09. The Labute approximate surface area is 94.1 Å². The van der Waals surface area contributed by atoms with Crippen molar-refractivity contribution in [1.82, 2.24) is 0 Å². The summed E-state index contributed by atoms with van der Waals surface area (Å²) in [4.78, 5) is 10.2. The van der Waals surface area contributed by atoms with E-state index >= 15 is 0 Å². The second-order valence-corrected chi connectivity index (χ2v) is 5.32. The molecule has 4 nitrogen and oxygen atoms in total. The molecule has 0 amide bonds. The summed E-state index contributed by atoms with van der Waals surface area (Å²) in [6, 6.07) is 7.08. The Balaban J connectivity index is 2.85. The van der Waals surface area contributed by atoms with Crippen molar-refractivity contribution >= 4 is 15.8 Å². The molecule has 0 aromatic heterocycles. The van der Waals surface area contributed by atoms with Crippen LogP contribution in [0.4, 0.5) is 0 Å². The fraction of sp³-hybridized carbons (Fsp3) is 0.182. The molecule has 86 valence electrons. The summed E-state index contributed by atoms with van der Waals surface area (Å²) in [6.45, 7) is 1.86. The van der Waals surface area contributed by atoms with Gasteiger partial charge in [-0.3, -0.25) is 0 Å². The molecule has 0 heterocycles. The molecule has 16 heavy (non-hydrogen) atoms. The molecule has 1 aromatic rings. The van der Waals surface area contributed by atoms with Crippen LogP contribution in [0.2, 0.25) is 0 Å². The van der Waals surface area contributed by atoms with Crippen LogP contribution in [-0.4, -0.2) is 19.5 Å². The van der Waals surface area contributed by atoms with Crippen molar-refractivity contribution in [2.24, 2.45) is 0 Å². The first kappa shape index (κ1) is 12.4. The van der Waals surface area contributed by atoms with E-state index < -0.39 is 15.8 Å². The van der Waals surface area contributed by atoms with E-state index in [1.54, 1.807) is 18.2 Å². The number of benzene rings is 1. The predicted octanol–water partition coefficient (Wildman–Crippen LogP) is 1.51. The van der Waals surface area contributed by atoms with Crippen LogP contribution in [0, 0.1) is 6.92 Å². The van der Waals surface area contributed by atoms with Gasteiger partial charge in [-0.2, -0.15) is 0 Å². The van der Waals surface area contributed by atoms with Gasteiger partial charge in [-0.05, 0) is 12.5 Å². The maximum atomic E-state index is 11.5. The van der Waals surface area contributed by atoms with Crippen LogP contribution in [0.25, 0.3) is 0 Å². The molecule has 0 spiro atoms. The van der Waals surface area contributed by atoms with Crippen LogP contribution >= 0.6 is 0 Å². The highest BCUT2D eigenvalue weighted by Gasteiger charge is 2.08. The molecule has 0 unspecified atom stereocenters. The van der Waals surface area contributed by atoms with E-state index in [2.05, 4.69) is 0 Å². The second kappa shape index (κ2) is 4.94. The number of rotatable bonds is 4. The van der Waals surface area contributed by atoms with E-state index in [9.17, 15) is 13.2 Å². The van der Waals surface area contributed by atoms with Crippen molar-refractivity contribution in [2.75, 3.05) is 0 Å². The minimum absolute atomic E-state index is 0.182. The summed E-state index contributed by atoms with van der Waals surface area (Å²) >= 11 is 0. The molecule has 0 saturated heterocycles. The number of aryl methyl sites for hydroxylation is 1. The van der Waals surface area contributed by atoms with Crippen LogP contribution in [-0.2, 0) is 20.4 Å². The minimum Gasteiger partial charge on any atom is -0.478 e. The smallest absolute Gasteiger partial charge is 0.329 e. The average Bonchev–Trinajstić information content (AvgIpc) is 2.14. The zero-order chi connectivity index (χ0) is 12.2. The molecule has 5 heteroatoms. The summed E-state index contributed by atoms with van der Waals surface area (Å²) in [6.07, 6.45) is 0.630. The first-order valence-electron chi connectivity index (χ1n) is 4.58. The maximum absolute atomic E-state index is 11.5. The molecule has 1 aromatic carbocycles. The van der Waals surface area contributed by atoms with Gasteiger partial charge in [0.05, 0.1) is 5.75 Å². The van der Waals surface area contributed by atoms with Crippen molar-refractivity contribution in [3.63, 3.8) is 0 Å². The van der Waals surface area contributed by atoms with E-state index in [0.29, 0.717) is 11.6 Å². The molecular formula is C11H12O4S. The predicted molar refractivity (Wildman–Crippen MR) is 60.6 cm³/mol. The third-order valence-corrected chi connectivity index (χ3v) is 3.15. The van der Waals surface area contributed by atoms with Gasteiger partial charge >= 0.3 is 5.97 Å². The lowest BCUT2D eigenvalue weighted by Crippen LogP contribution is -2.01. The van der Waals surface area contributed by atoms with Crippen molar-refractivity contribution in [2.45, 2.75) is 12.7 Å². The number of carboxylic acids is 1. The number of aliphatic carboxylic acids is 1. The maximum Gasteiger partial charge on any atom is 0.329 e. The van der Waals surface area contributed by atoms with E-state index in [-0.39, 0.29) is 5.75 Å². The van der Waals surface area contributed by atoms with E-state index in [0.717, 1.165) is 11.0 Å². The number of sulfone groups is 1. The highest BCUT2D eigenvalue weighted by atomic mass is 32.2. The summed E-state index contributed by atoms with van der Waals surface area (Å²) < 4.78 is 22.9. The molecule has 0 aliphatic heterocycles.